The van der Waals surface area contributed by atoms with Crippen LogP contribution in [-0.2, 0) is 9.59 Å². The lowest BCUT2D eigenvalue weighted by Gasteiger charge is -2.03. The maximum atomic E-state index is 9.92. The third-order valence-electron chi connectivity index (χ3n) is 1.91. The topological polar surface area (TPSA) is 115 Å². The van der Waals surface area contributed by atoms with Crippen molar-refractivity contribution in [2.75, 3.05) is 0 Å². The molecule has 0 radical (unpaired) electrons. The average molecular weight is 250 g/mol. The van der Waals surface area contributed by atoms with Crippen LogP contribution in [0.25, 0.3) is 0 Å². The monoisotopic (exact) mass is 250 g/mol. The van der Waals surface area contributed by atoms with Crippen LogP contribution >= 0.6 is 0 Å². The Balaban J connectivity index is 0. The summed E-state index contributed by atoms with van der Waals surface area (Å²) in [5.74, 6) is -1.88. The van der Waals surface area contributed by atoms with Gasteiger partial charge in [-0.15, -0.1) is 0 Å². The van der Waals surface area contributed by atoms with E-state index in [0.717, 1.165) is 6.42 Å². The first-order valence-electron chi connectivity index (χ1n) is 5.63. The largest absolute Gasteiger partial charge is 0.481 e. The first-order valence-corrected chi connectivity index (χ1v) is 5.63. The summed E-state index contributed by atoms with van der Waals surface area (Å²) in [6.45, 7) is 3.65. The molecule has 0 rings (SSSR count). The molecule has 0 aromatic carbocycles. The highest BCUT2D eigenvalue weighted by molar-refractivity contribution is 5.67. The molecule has 2 unspecified atom stereocenters. The number of aliphatic carboxylic acids is 2. The molecule has 6 nitrogen and oxygen atoms in total. The van der Waals surface area contributed by atoms with Gasteiger partial charge in [-0.3, -0.25) is 9.59 Å². The van der Waals surface area contributed by atoms with Crippen LogP contribution in [0.1, 0.15) is 46.0 Å². The quantitative estimate of drug-likeness (QED) is 0.532. The van der Waals surface area contributed by atoms with Crippen molar-refractivity contribution in [3.05, 3.63) is 0 Å². The lowest BCUT2D eigenvalue weighted by molar-refractivity contribution is -0.140. The van der Waals surface area contributed by atoms with Crippen molar-refractivity contribution in [2.24, 2.45) is 0 Å². The Morgan fingerprint density at radius 3 is 1.59 bits per heavy atom. The molecule has 0 amide bonds. The summed E-state index contributed by atoms with van der Waals surface area (Å²) in [4.78, 5) is 19.7. The maximum absolute atomic E-state index is 9.92. The molecule has 102 valence electrons. The molecule has 0 aliphatic rings. The van der Waals surface area contributed by atoms with Crippen LogP contribution in [0.4, 0.5) is 0 Å². The lowest BCUT2D eigenvalue weighted by atomic mass is 10.1. The smallest absolute Gasteiger partial charge is 0.305 e. The van der Waals surface area contributed by atoms with Crippen LogP contribution in [0.15, 0.2) is 0 Å². The Bertz CT molecular complexity index is 216. The molecule has 0 aliphatic heterocycles. The summed E-state index contributed by atoms with van der Waals surface area (Å²) < 4.78 is 0. The van der Waals surface area contributed by atoms with Gasteiger partial charge in [0.25, 0.3) is 0 Å². The summed E-state index contributed by atoms with van der Waals surface area (Å²) in [6, 6.07) is 0. The van der Waals surface area contributed by atoms with Gasteiger partial charge in [-0.1, -0.05) is 20.3 Å². The predicted molar refractivity (Wildman–Crippen MR) is 61.7 cm³/mol. The molecule has 17 heavy (non-hydrogen) atoms. The van der Waals surface area contributed by atoms with Crippen LogP contribution < -0.4 is 0 Å². The minimum absolute atomic E-state index is 0.131. The van der Waals surface area contributed by atoms with E-state index < -0.39 is 24.1 Å². The van der Waals surface area contributed by atoms with Crippen LogP contribution in [0.2, 0.25) is 0 Å². The second kappa shape index (κ2) is 11.3. The van der Waals surface area contributed by atoms with Gasteiger partial charge in [0.05, 0.1) is 25.0 Å². The zero-order valence-electron chi connectivity index (χ0n) is 10.3. The summed E-state index contributed by atoms with van der Waals surface area (Å²) in [7, 11) is 0. The number of carboxylic acid groups (broad SMARTS) is 2. The zero-order chi connectivity index (χ0) is 13.8. The molecule has 0 spiro atoms. The standard InChI is InChI=1S/C6H12O3.C5H10O3/c1-2-3-5(7)4-6(8)9;1-2-4(6)3-5(7)8/h5,7H,2-4H2,1H3,(H,8,9);4,6H,2-3H2,1H3,(H,7,8). The molecule has 6 heteroatoms. The molecule has 0 aromatic heterocycles. The Hall–Kier alpha value is -1.14. The molecule has 2 atom stereocenters. The van der Waals surface area contributed by atoms with E-state index in [2.05, 4.69) is 0 Å². The molecule has 0 bridgehead atoms. The van der Waals surface area contributed by atoms with Crippen molar-refractivity contribution >= 4 is 11.9 Å². The van der Waals surface area contributed by atoms with E-state index in [0.29, 0.717) is 12.8 Å². The van der Waals surface area contributed by atoms with Gasteiger partial charge in [0.15, 0.2) is 0 Å². The summed E-state index contributed by atoms with van der Waals surface area (Å²) in [6.07, 6.45) is 0.303. The molecular formula is C11H22O6. The SMILES string of the molecule is CCC(O)CC(=O)O.CCCC(O)CC(=O)O. The summed E-state index contributed by atoms with van der Waals surface area (Å²) in [5.41, 5.74) is 0. The molecule has 0 saturated heterocycles. The van der Waals surface area contributed by atoms with E-state index >= 15 is 0 Å². The molecule has 4 N–H and O–H groups in total. The zero-order valence-corrected chi connectivity index (χ0v) is 10.3. The Labute approximate surface area is 101 Å². The van der Waals surface area contributed by atoms with E-state index in [4.69, 9.17) is 20.4 Å². The predicted octanol–water partition coefficient (Wildman–Crippen LogP) is 0.854. The first-order chi connectivity index (χ1) is 7.83. The van der Waals surface area contributed by atoms with Gasteiger partial charge in [-0.05, 0) is 12.8 Å². The number of carboxylic acids is 2. The third-order valence-corrected chi connectivity index (χ3v) is 1.91. The van der Waals surface area contributed by atoms with E-state index in [-0.39, 0.29) is 12.8 Å². The number of aliphatic hydroxyl groups excluding tert-OH is 2. The van der Waals surface area contributed by atoms with Crippen molar-refractivity contribution < 1.29 is 30.0 Å². The summed E-state index contributed by atoms with van der Waals surface area (Å²) >= 11 is 0. The number of carbonyl (C=O) groups is 2. The minimum Gasteiger partial charge on any atom is -0.481 e. The number of hydrogen-bond acceptors (Lipinski definition) is 4. The lowest BCUT2D eigenvalue weighted by Crippen LogP contribution is -2.11. The second-order valence-electron chi connectivity index (χ2n) is 3.70. The fourth-order valence-electron chi connectivity index (χ4n) is 0.983. The van der Waals surface area contributed by atoms with Gasteiger partial charge in [0, 0.05) is 0 Å². The molecule has 0 aromatic rings. The fraction of sp³-hybridized carbons (Fsp3) is 0.818. The van der Waals surface area contributed by atoms with Crippen LogP contribution in [0, 0.1) is 0 Å². The molecule has 0 aliphatic carbocycles. The highest BCUT2D eigenvalue weighted by atomic mass is 16.4. The molecule has 0 saturated carbocycles. The van der Waals surface area contributed by atoms with E-state index in [1.54, 1.807) is 6.92 Å². The highest BCUT2D eigenvalue weighted by Crippen LogP contribution is 1.99. The molecule has 0 heterocycles. The normalized spacial score (nSPS) is 13.2. The van der Waals surface area contributed by atoms with Crippen molar-refractivity contribution in [2.45, 2.75) is 58.2 Å². The van der Waals surface area contributed by atoms with Gasteiger partial charge in [-0.25, -0.2) is 0 Å². The second-order valence-corrected chi connectivity index (χ2v) is 3.70. The number of aliphatic hydroxyl groups is 2. The third kappa shape index (κ3) is 17.5. The van der Waals surface area contributed by atoms with Gasteiger partial charge < -0.3 is 20.4 Å². The average Bonchev–Trinajstić information content (AvgIpc) is 2.16. The van der Waals surface area contributed by atoms with Gasteiger partial charge in [-0.2, -0.15) is 0 Å². The van der Waals surface area contributed by atoms with Crippen molar-refractivity contribution in [3.8, 4) is 0 Å². The Kier molecular flexibility index (Phi) is 12.2. The molecular weight excluding hydrogens is 228 g/mol. The van der Waals surface area contributed by atoms with Gasteiger partial charge in [0.2, 0.25) is 0 Å². The number of hydrogen-bond donors (Lipinski definition) is 4. The number of rotatable bonds is 7. The highest BCUT2D eigenvalue weighted by Gasteiger charge is 2.06. The molecule has 0 fully saturated rings. The van der Waals surface area contributed by atoms with Crippen molar-refractivity contribution in [1.29, 1.82) is 0 Å². The summed E-state index contributed by atoms with van der Waals surface area (Å²) in [5, 5.41) is 33.7. The Morgan fingerprint density at radius 1 is 0.941 bits per heavy atom. The van der Waals surface area contributed by atoms with E-state index in [1.807, 2.05) is 6.92 Å². The Morgan fingerprint density at radius 2 is 1.35 bits per heavy atom. The minimum atomic E-state index is -0.945. The van der Waals surface area contributed by atoms with Crippen molar-refractivity contribution in [3.63, 3.8) is 0 Å². The van der Waals surface area contributed by atoms with Crippen molar-refractivity contribution in [1.82, 2.24) is 0 Å². The van der Waals surface area contributed by atoms with Crippen LogP contribution in [-0.4, -0.2) is 44.6 Å². The van der Waals surface area contributed by atoms with E-state index in [9.17, 15) is 9.59 Å². The maximum Gasteiger partial charge on any atom is 0.305 e. The first kappa shape index (κ1) is 18.2. The van der Waals surface area contributed by atoms with Crippen LogP contribution in [0.5, 0.6) is 0 Å². The van der Waals surface area contributed by atoms with Crippen LogP contribution in [0.3, 0.4) is 0 Å². The fourth-order valence-corrected chi connectivity index (χ4v) is 0.983. The van der Waals surface area contributed by atoms with Gasteiger partial charge >= 0.3 is 11.9 Å². The van der Waals surface area contributed by atoms with Gasteiger partial charge in [0.1, 0.15) is 0 Å². The van der Waals surface area contributed by atoms with E-state index in [1.165, 1.54) is 0 Å².